The lowest BCUT2D eigenvalue weighted by atomic mass is 10.0. The molecule has 4 heteroatoms. The average molecular weight is 267 g/mol. The summed E-state index contributed by atoms with van der Waals surface area (Å²) in [6.45, 7) is 4.10. The molecule has 1 aromatic carbocycles. The lowest BCUT2D eigenvalue weighted by Crippen LogP contribution is -2.15. The van der Waals surface area contributed by atoms with Crippen molar-refractivity contribution in [2.45, 2.75) is 26.2 Å². The number of hydrogen-bond donors (Lipinski definition) is 2. The molecular formula is C14H19ClN2O. The fourth-order valence-corrected chi connectivity index (χ4v) is 2.51. The van der Waals surface area contributed by atoms with Crippen LogP contribution in [0.15, 0.2) is 18.2 Å². The number of halogens is 1. The van der Waals surface area contributed by atoms with Crippen molar-refractivity contribution >= 4 is 23.2 Å². The molecule has 18 heavy (non-hydrogen) atoms. The molecule has 98 valence electrons. The molecule has 1 aliphatic heterocycles. The number of amides is 1. The van der Waals surface area contributed by atoms with Crippen molar-refractivity contribution in [3.63, 3.8) is 0 Å². The van der Waals surface area contributed by atoms with Gasteiger partial charge in [0.25, 0.3) is 0 Å². The lowest BCUT2D eigenvalue weighted by Gasteiger charge is -2.10. The highest BCUT2D eigenvalue weighted by atomic mass is 35.5. The fraction of sp³-hybridized carbons (Fsp3) is 0.500. The highest BCUT2D eigenvalue weighted by molar-refractivity contribution is 6.33. The summed E-state index contributed by atoms with van der Waals surface area (Å²) in [6, 6.07) is 5.66. The Morgan fingerprint density at radius 3 is 3.06 bits per heavy atom. The molecule has 2 rings (SSSR count). The van der Waals surface area contributed by atoms with E-state index in [1.165, 1.54) is 6.42 Å². The number of benzene rings is 1. The summed E-state index contributed by atoms with van der Waals surface area (Å²) in [5.41, 5.74) is 1.80. The van der Waals surface area contributed by atoms with Crippen molar-refractivity contribution < 1.29 is 4.79 Å². The first-order chi connectivity index (χ1) is 8.65. The smallest absolute Gasteiger partial charge is 0.224 e. The number of hydrogen-bond acceptors (Lipinski definition) is 2. The van der Waals surface area contributed by atoms with Gasteiger partial charge < -0.3 is 10.6 Å². The Morgan fingerprint density at radius 1 is 1.56 bits per heavy atom. The van der Waals surface area contributed by atoms with Crippen molar-refractivity contribution in [3.8, 4) is 0 Å². The molecular weight excluding hydrogens is 248 g/mol. The second kappa shape index (κ2) is 6.21. The number of aryl methyl sites for hydroxylation is 1. The molecule has 1 amide bonds. The Balaban J connectivity index is 1.82. The minimum absolute atomic E-state index is 0.0488. The molecule has 1 unspecified atom stereocenters. The Kier molecular flexibility index (Phi) is 4.61. The van der Waals surface area contributed by atoms with Crippen molar-refractivity contribution in [3.05, 3.63) is 28.8 Å². The zero-order valence-corrected chi connectivity index (χ0v) is 11.4. The maximum atomic E-state index is 11.8. The summed E-state index contributed by atoms with van der Waals surface area (Å²) in [6.07, 6.45) is 2.69. The van der Waals surface area contributed by atoms with Crippen molar-refractivity contribution in [1.82, 2.24) is 5.32 Å². The van der Waals surface area contributed by atoms with Crippen molar-refractivity contribution in [2.24, 2.45) is 5.92 Å². The summed E-state index contributed by atoms with van der Waals surface area (Å²) >= 11 is 6.08. The van der Waals surface area contributed by atoms with Gasteiger partial charge in [-0.1, -0.05) is 17.7 Å². The highest BCUT2D eigenvalue weighted by Gasteiger charge is 2.16. The number of anilines is 1. The number of nitrogens with one attached hydrogen (secondary N) is 2. The standard InChI is InChI=1S/C14H19ClN2O/c1-10-2-4-13(12(15)8-10)17-14(18)5-3-11-6-7-16-9-11/h2,4,8,11,16H,3,5-7,9H2,1H3,(H,17,18). The van der Waals surface area contributed by atoms with Gasteiger partial charge in [0.15, 0.2) is 0 Å². The van der Waals surface area contributed by atoms with E-state index in [9.17, 15) is 4.79 Å². The quantitative estimate of drug-likeness (QED) is 0.880. The van der Waals surface area contributed by atoms with Gasteiger partial charge in [0.1, 0.15) is 0 Å². The molecule has 0 aromatic heterocycles. The van der Waals surface area contributed by atoms with E-state index >= 15 is 0 Å². The minimum Gasteiger partial charge on any atom is -0.325 e. The molecule has 0 aliphatic carbocycles. The summed E-state index contributed by atoms with van der Waals surface area (Å²) in [5, 5.41) is 6.78. The van der Waals surface area contributed by atoms with Gasteiger partial charge in [-0.05, 0) is 56.5 Å². The van der Waals surface area contributed by atoms with Gasteiger partial charge in [0, 0.05) is 6.42 Å². The lowest BCUT2D eigenvalue weighted by molar-refractivity contribution is -0.116. The van der Waals surface area contributed by atoms with E-state index in [1.54, 1.807) is 0 Å². The first-order valence-electron chi connectivity index (χ1n) is 6.42. The SMILES string of the molecule is Cc1ccc(NC(=O)CCC2CCNC2)c(Cl)c1. The zero-order chi connectivity index (χ0) is 13.0. The number of rotatable bonds is 4. The molecule has 1 fully saturated rings. The van der Waals surface area contributed by atoms with Crippen molar-refractivity contribution in [1.29, 1.82) is 0 Å². The van der Waals surface area contributed by atoms with Gasteiger partial charge in [0.2, 0.25) is 5.91 Å². The maximum Gasteiger partial charge on any atom is 0.224 e. The molecule has 0 radical (unpaired) electrons. The molecule has 0 bridgehead atoms. The summed E-state index contributed by atoms with van der Waals surface area (Å²) in [7, 11) is 0. The second-order valence-electron chi connectivity index (χ2n) is 4.93. The molecule has 0 spiro atoms. The number of carbonyl (C=O) groups excluding carboxylic acids is 1. The van der Waals surface area contributed by atoms with E-state index in [4.69, 9.17) is 11.6 Å². The van der Waals surface area contributed by atoms with E-state index in [0.29, 0.717) is 23.0 Å². The second-order valence-corrected chi connectivity index (χ2v) is 5.34. The molecule has 1 aromatic rings. The van der Waals surface area contributed by atoms with Gasteiger partial charge >= 0.3 is 0 Å². The van der Waals surface area contributed by atoms with Crippen LogP contribution in [-0.2, 0) is 4.79 Å². The van der Waals surface area contributed by atoms with E-state index in [-0.39, 0.29) is 5.91 Å². The van der Waals surface area contributed by atoms with Crippen LogP contribution in [0.5, 0.6) is 0 Å². The van der Waals surface area contributed by atoms with E-state index in [0.717, 1.165) is 25.1 Å². The topological polar surface area (TPSA) is 41.1 Å². The van der Waals surface area contributed by atoms with Crippen LogP contribution in [0.2, 0.25) is 5.02 Å². The molecule has 1 atom stereocenters. The van der Waals surface area contributed by atoms with Crippen LogP contribution in [0.3, 0.4) is 0 Å². The first-order valence-corrected chi connectivity index (χ1v) is 6.79. The molecule has 1 saturated heterocycles. The largest absolute Gasteiger partial charge is 0.325 e. The van der Waals surface area contributed by atoms with Crippen LogP contribution in [0.1, 0.15) is 24.8 Å². The van der Waals surface area contributed by atoms with Gasteiger partial charge in [-0.15, -0.1) is 0 Å². The van der Waals surface area contributed by atoms with Crippen LogP contribution in [0.25, 0.3) is 0 Å². The predicted molar refractivity (Wildman–Crippen MR) is 75.0 cm³/mol. The summed E-state index contributed by atoms with van der Waals surface area (Å²) < 4.78 is 0. The third-order valence-corrected chi connectivity index (χ3v) is 3.65. The predicted octanol–water partition coefficient (Wildman–Crippen LogP) is 2.98. The van der Waals surface area contributed by atoms with Crippen LogP contribution in [0, 0.1) is 12.8 Å². The molecule has 0 saturated carbocycles. The first kappa shape index (κ1) is 13.4. The van der Waals surface area contributed by atoms with Crippen LogP contribution in [-0.4, -0.2) is 19.0 Å². The molecule has 3 nitrogen and oxygen atoms in total. The Morgan fingerprint density at radius 2 is 2.39 bits per heavy atom. The zero-order valence-electron chi connectivity index (χ0n) is 10.6. The molecule has 1 heterocycles. The third kappa shape index (κ3) is 3.72. The monoisotopic (exact) mass is 266 g/mol. The van der Waals surface area contributed by atoms with E-state index < -0.39 is 0 Å². The van der Waals surface area contributed by atoms with Gasteiger partial charge in [-0.25, -0.2) is 0 Å². The van der Waals surface area contributed by atoms with Crippen molar-refractivity contribution in [2.75, 3.05) is 18.4 Å². The third-order valence-electron chi connectivity index (χ3n) is 3.34. The number of carbonyl (C=O) groups is 1. The summed E-state index contributed by atoms with van der Waals surface area (Å²) in [5.74, 6) is 0.692. The molecule has 2 N–H and O–H groups in total. The normalized spacial score (nSPS) is 18.9. The van der Waals surface area contributed by atoms with E-state index in [1.807, 2.05) is 25.1 Å². The van der Waals surface area contributed by atoms with Crippen LogP contribution in [0.4, 0.5) is 5.69 Å². The molecule has 1 aliphatic rings. The van der Waals surface area contributed by atoms with Crippen LogP contribution >= 0.6 is 11.6 Å². The van der Waals surface area contributed by atoms with Gasteiger partial charge in [-0.3, -0.25) is 4.79 Å². The van der Waals surface area contributed by atoms with Gasteiger partial charge in [0.05, 0.1) is 10.7 Å². The average Bonchev–Trinajstić information content (AvgIpc) is 2.83. The van der Waals surface area contributed by atoms with Crippen LogP contribution < -0.4 is 10.6 Å². The fourth-order valence-electron chi connectivity index (χ4n) is 2.23. The Labute approximate surface area is 113 Å². The Hall–Kier alpha value is -1.06. The minimum atomic E-state index is 0.0488. The Bertz CT molecular complexity index is 428. The summed E-state index contributed by atoms with van der Waals surface area (Å²) in [4.78, 5) is 11.8. The van der Waals surface area contributed by atoms with E-state index in [2.05, 4.69) is 10.6 Å². The highest BCUT2D eigenvalue weighted by Crippen LogP contribution is 2.23. The maximum absolute atomic E-state index is 11.8. The van der Waals surface area contributed by atoms with Gasteiger partial charge in [-0.2, -0.15) is 0 Å².